The Kier molecular flexibility index (Phi) is 8.42. The highest BCUT2D eigenvalue weighted by Crippen LogP contribution is 2.31. The van der Waals surface area contributed by atoms with Gasteiger partial charge in [0.25, 0.3) is 5.56 Å². The number of carbonyl (C=O) groups excluding carboxylic acids is 1. The molecular weight excluding hydrogens is 456 g/mol. The number of hydrogen-bond acceptors (Lipinski definition) is 5. The first kappa shape index (κ1) is 25.2. The van der Waals surface area contributed by atoms with Crippen LogP contribution < -0.4 is 5.56 Å². The number of hydrogen-bond donors (Lipinski definition) is 0. The fourth-order valence-electron chi connectivity index (χ4n) is 4.64. The van der Waals surface area contributed by atoms with Crippen LogP contribution in [0.3, 0.4) is 0 Å². The predicted octanol–water partition coefficient (Wildman–Crippen LogP) is 4.28. The van der Waals surface area contributed by atoms with E-state index in [9.17, 15) is 9.59 Å². The lowest BCUT2D eigenvalue weighted by Gasteiger charge is -2.40. The molecule has 1 aromatic heterocycles. The van der Waals surface area contributed by atoms with E-state index in [1.165, 1.54) is 33.5 Å². The third-order valence-electron chi connectivity index (χ3n) is 6.52. The summed E-state index contributed by atoms with van der Waals surface area (Å²) in [7, 11) is 1.72. The Labute approximate surface area is 212 Å². The number of benzene rings is 2. The molecule has 184 valence electrons. The molecule has 0 bridgehead atoms. The van der Waals surface area contributed by atoms with Crippen LogP contribution in [-0.4, -0.2) is 56.7 Å². The fourth-order valence-corrected chi connectivity index (χ4v) is 5.95. The quantitative estimate of drug-likeness (QED) is 0.348. The maximum Gasteiger partial charge on any atom is 0.254 e. The average molecular weight is 491 g/mol. The number of amides is 1. The summed E-state index contributed by atoms with van der Waals surface area (Å²) in [5.41, 5.74) is 3.12. The summed E-state index contributed by atoms with van der Waals surface area (Å²) >= 11 is 1.42. The Bertz CT molecular complexity index is 1140. The van der Waals surface area contributed by atoms with E-state index in [1.54, 1.807) is 7.05 Å². The fraction of sp³-hybridized carbons (Fsp3) is 0.393. The van der Waals surface area contributed by atoms with Gasteiger partial charge in [-0.2, -0.15) is 0 Å². The van der Waals surface area contributed by atoms with Crippen LogP contribution in [0.1, 0.15) is 42.6 Å². The van der Waals surface area contributed by atoms with Gasteiger partial charge in [-0.25, -0.2) is 4.98 Å². The van der Waals surface area contributed by atoms with E-state index >= 15 is 0 Å². The molecule has 1 unspecified atom stereocenters. The van der Waals surface area contributed by atoms with Crippen LogP contribution >= 0.6 is 11.8 Å². The first-order valence-electron chi connectivity index (χ1n) is 12.3. The van der Waals surface area contributed by atoms with Crippen LogP contribution in [0.25, 0.3) is 0 Å². The van der Waals surface area contributed by atoms with E-state index < -0.39 is 0 Å². The van der Waals surface area contributed by atoms with E-state index in [-0.39, 0.29) is 22.8 Å². The molecule has 7 heteroatoms. The van der Waals surface area contributed by atoms with Gasteiger partial charge < -0.3 is 4.90 Å². The van der Waals surface area contributed by atoms with Crippen molar-refractivity contribution in [2.45, 2.75) is 43.1 Å². The van der Waals surface area contributed by atoms with E-state index in [1.807, 2.05) is 24.0 Å². The van der Waals surface area contributed by atoms with Crippen molar-refractivity contribution in [3.63, 3.8) is 0 Å². The molecule has 1 aliphatic heterocycles. The molecule has 0 aliphatic carbocycles. The van der Waals surface area contributed by atoms with Crippen LogP contribution in [0.5, 0.6) is 0 Å². The van der Waals surface area contributed by atoms with Crippen LogP contribution in [0.2, 0.25) is 0 Å². The summed E-state index contributed by atoms with van der Waals surface area (Å²) in [4.78, 5) is 34.8. The number of carbonyl (C=O) groups is 1. The lowest BCUT2D eigenvalue weighted by molar-refractivity contribution is -0.132. The Morgan fingerprint density at radius 2 is 1.54 bits per heavy atom. The van der Waals surface area contributed by atoms with Gasteiger partial charge in [-0.3, -0.25) is 19.1 Å². The maximum atomic E-state index is 13.6. The predicted molar refractivity (Wildman–Crippen MR) is 142 cm³/mol. The largest absolute Gasteiger partial charge is 0.339 e. The lowest BCUT2D eigenvalue weighted by atomic mass is 9.96. The number of aryl methyl sites for hydroxylation is 1. The molecule has 4 rings (SSSR count). The molecular formula is C28H34N4O2S. The second kappa shape index (κ2) is 11.7. The Morgan fingerprint density at radius 1 is 0.971 bits per heavy atom. The summed E-state index contributed by atoms with van der Waals surface area (Å²) < 4.78 is 1.54. The number of aromatic nitrogens is 2. The smallest absolute Gasteiger partial charge is 0.254 e. The summed E-state index contributed by atoms with van der Waals surface area (Å²) in [6.07, 6.45) is 1.65. The summed E-state index contributed by atoms with van der Waals surface area (Å²) in [6.45, 7) is 6.91. The topological polar surface area (TPSA) is 58.4 Å². The highest BCUT2D eigenvalue weighted by atomic mass is 32.2. The zero-order valence-corrected chi connectivity index (χ0v) is 21.6. The molecule has 1 fully saturated rings. The van der Waals surface area contributed by atoms with E-state index in [2.05, 4.69) is 65.3 Å². The van der Waals surface area contributed by atoms with Gasteiger partial charge in [0.2, 0.25) is 5.91 Å². The maximum absolute atomic E-state index is 13.6. The van der Waals surface area contributed by atoms with Crippen LogP contribution in [-0.2, 0) is 11.8 Å². The van der Waals surface area contributed by atoms with Crippen molar-refractivity contribution in [2.24, 2.45) is 7.05 Å². The van der Waals surface area contributed by atoms with Gasteiger partial charge in [-0.1, -0.05) is 85.8 Å². The number of piperazine rings is 1. The van der Waals surface area contributed by atoms with Gasteiger partial charge in [0.1, 0.15) is 0 Å². The first-order valence-corrected chi connectivity index (χ1v) is 13.2. The van der Waals surface area contributed by atoms with Gasteiger partial charge in [-0.15, -0.1) is 0 Å². The molecule has 1 amide bonds. The molecule has 0 spiro atoms. The number of thioether (sulfide) groups is 1. The van der Waals surface area contributed by atoms with Gasteiger partial charge in [0.05, 0.1) is 11.3 Å². The minimum Gasteiger partial charge on any atom is -0.339 e. The minimum absolute atomic E-state index is 0.0934. The summed E-state index contributed by atoms with van der Waals surface area (Å²) in [5.74, 6) is 0.142. The summed E-state index contributed by atoms with van der Waals surface area (Å²) in [6, 6.07) is 22.9. The average Bonchev–Trinajstić information content (AvgIpc) is 2.88. The SMILES string of the molecule is CCCC(Sc1nc(C)cc(=O)n1C)C(=O)N1CCN(C(c2ccccc2)c2ccccc2)CC1. The monoisotopic (exact) mass is 490 g/mol. The molecule has 3 aromatic rings. The van der Waals surface area contributed by atoms with Gasteiger partial charge >= 0.3 is 0 Å². The molecule has 2 aromatic carbocycles. The zero-order valence-electron chi connectivity index (χ0n) is 20.8. The molecule has 0 N–H and O–H groups in total. The third-order valence-corrected chi connectivity index (χ3v) is 7.82. The van der Waals surface area contributed by atoms with Gasteiger partial charge in [0, 0.05) is 45.0 Å². The van der Waals surface area contributed by atoms with Crippen molar-refractivity contribution < 1.29 is 4.79 Å². The van der Waals surface area contributed by atoms with Crippen molar-refractivity contribution in [3.8, 4) is 0 Å². The van der Waals surface area contributed by atoms with Gasteiger partial charge in [-0.05, 0) is 24.5 Å². The normalized spacial score (nSPS) is 15.4. The lowest BCUT2D eigenvalue weighted by Crippen LogP contribution is -2.52. The van der Waals surface area contributed by atoms with Crippen LogP contribution in [0.4, 0.5) is 0 Å². The molecule has 0 radical (unpaired) electrons. The van der Waals surface area contributed by atoms with Crippen molar-refractivity contribution >= 4 is 17.7 Å². The Balaban J connectivity index is 1.48. The highest BCUT2D eigenvalue weighted by molar-refractivity contribution is 8.00. The van der Waals surface area contributed by atoms with Crippen molar-refractivity contribution in [3.05, 3.63) is 93.9 Å². The molecule has 6 nitrogen and oxygen atoms in total. The molecule has 2 heterocycles. The molecule has 1 aliphatic rings. The third kappa shape index (κ3) is 6.03. The Morgan fingerprint density at radius 3 is 2.09 bits per heavy atom. The number of rotatable bonds is 8. The van der Waals surface area contributed by atoms with Crippen LogP contribution in [0, 0.1) is 6.92 Å². The van der Waals surface area contributed by atoms with E-state index in [0.29, 0.717) is 23.9 Å². The highest BCUT2D eigenvalue weighted by Gasteiger charge is 2.31. The van der Waals surface area contributed by atoms with Crippen molar-refractivity contribution in [1.29, 1.82) is 0 Å². The second-order valence-electron chi connectivity index (χ2n) is 9.06. The number of nitrogens with zero attached hydrogens (tertiary/aromatic N) is 4. The molecule has 1 saturated heterocycles. The van der Waals surface area contributed by atoms with E-state index in [0.717, 1.165) is 25.9 Å². The molecule has 35 heavy (non-hydrogen) atoms. The van der Waals surface area contributed by atoms with Crippen LogP contribution in [0.15, 0.2) is 76.7 Å². The van der Waals surface area contributed by atoms with Gasteiger partial charge in [0.15, 0.2) is 5.16 Å². The standard InChI is InChI=1S/C28H34N4O2S/c1-4-11-24(35-28-29-21(2)20-25(33)30(28)3)27(34)32-18-16-31(17-19-32)26(22-12-7-5-8-13-22)23-14-9-6-10-15-23/h5-10,12-15,20,24,26H,4,11,16-19H2,1-3H3. The van der Waals surface area contributed by atoms with Crippen molar-refractivity contribution in [2.75, 3.05) is 26.2 Å². The molecule has 1 atom stereocenters. The van der Waals surface area contributed by atoms with Crippen molar-refractivity contribution in [1.82, 2.24) is 19.4 Å². The summed E-state index contributed by atoms with van der Waals surface area (Å²) in [5, 5.41) is 0.360. The zero-order chi connectivity index (χ0) is 24.8. The van der Waals surface area contributed by atoms with E-state index in [4.69, 9.17) is 0 Å². The molecule has 0 saturated carbocycles. The second-order valence-corrected chi connectivity index (χ2v) is 10.2. The minimum atomic E-state index is -0.245. The first-order chi connectivity index (χ1) is 17.0. The Hall–Kier alpha value is -2.90.